The average Bonchev–Trinajstić information content (AvgIpc) is 3.13. The molecular weight excluding hydrogens is 321 g/mol. The van der Waals surface area contributed by atoms with Crippen molar-refractivity contribution in [3.05, 3.63) is 78.5 Å². The molecule has 0 bridgehead atoms. The first kappa shape index (κ1) is 15.1. The molecule has 4 rings (SSSR count). The molecule has 0 aliphatic carbocycles. The first-order chi connectivity index (χ1) is 12.3. The molecule has 0 amide bonds. The van der Waals surface area contributed by atoms with Crippen LogP contribution in [0.25, 0.3) is 0 Å². The highest BCUT2D eigenvalue weighted by Crippen LogP contribution is 2.29. The van der Waals surface area contributed by atoms with Crippen molar-refractivity contribution in [1.82, 2.24) is 9.97 Å². The van der Waals surface area contributed by atoms with Gasteiger partial charge in [-0.3, -0.25) is 4.98 Å². The maximum Gasteiger partial charge on any atom is 0.369 e. The van der Waals surface area contributed by atoms with Gasteiger partial charge in [0.2, 0.25) is 0 Å². The standard InChI is InChI=1S/C18H13FN5O/c19-14-8-13(9-16(10-14)25-15-4-3-6-20-11-15)17-12-22-24(23-17)18-5-1-2-7-21-18/h1-12,17H/q+1. The number of hydrazone groups is 1. The monoisotopic (exact) mass is 334 g/mol. The second-order valence-corrected chi connectivity index (χ2v) is 5.31. The quantitative estimate of drug-likeness (QED) is 0.670. The Labute approximate surface area is 143 Å². The van der Waals surface area contributed by atoms with E-state index in [9.17, 15) is 4.39 Å². The Morgan fingerprint density at radius 2 is 1.96 bits per heavy atom. The van der Waals surface area contributed by atoms with E-state index in [1.54, 1.807) is 49.1 Å². The number of aromatic nitrogens is 2. The van der Waals surface area contributed by atoms with Gasteiger partial charge in [-0.05, 0) is 40.9 Å². The summed E-state index contributed by atoms with van der Waals surface area (Å²) < 4.78 is 19.7. The Kier molecular flexibility index (Phi) is 3.96. The van der Waals surface area contributed by atoms with Crippen LogP contribution in [0.4, 0.5) is 10.2 Å². The molecule has 3 aromatic rings. The molecule has 1 atom stereocenters. The fraction of sp³-hybridized carbons (Fsp3) is 0.0556. The van der Waals surface area contributed by atoms with Crippen LogP contribution >= 0.6 is 0 Å². The number of hydrogen-bond donors (Lipinski definition) is 0. The fourth-order valence-electron chi connectivity index (χ4n) is 2.40. The minimum Gasteiger partial charge on any atom is -0.456 e. The molecule has 0 spiro atoms. The smallest absolute Gasteiger partial charge is 0.369 e. The van der Waals surface area contributed by atoms with Crippen molar-refractivity contribution in [2.45, 2.75) is 6.04 Å². The number of rotatable bonds is 4. The van der Waals surface area contributed by atoms with Crippen molar-refractivity contribution in [3.63, 3.8) is 0 Å². The van der Waals surface area contributed by atoms with Gasteiger partial charge < -0.3 is 4.74 Å². The Morgan fingerprint density at radius 1 is 1.00 bits per heavy atom. The average molecular weight is 334 g/mol. The van der Waals surface area contributed by atoms with Crippen molar-refractivity contribution in [1.29, 1.82) is 0 Å². The minimum atomic E-state index is -0.408. The lowest BCUT2D eigenvalue weighted by Crippen LogP contribution is -1.97. The Bertz CT molecular complexity index is 944. The van der Waals surface area contributed by atoms with E-state index >= 15 is 0 Å². The predicted molar refractivity (Wildman–Crippen MR) is 88.5 cm³/mol. The van der Waals surface area contributed by atoms with E-state index < -0.39 is 11.9 Å². The molecule has 3 heterocycles. The predicted octanol–water partition coefficient (Wildman–Crippen LogP) is 4.24. The summed E-state index contributed by atoms with van der Waals surface area (Å²) in [6, 6.07) is 13.0. The third-order valence-corrected chi connectivity index (χ3v) is 3.51. The van der Waals surface area contributed by atoms with E-state index in [4.69, 9.17) is 4.74 Å². The van der Waals surface area contributed by atoms with E-state index in [1.165, 1.54) is 16.9 Å². The lowest BCUT2D eigenvalue weighted by molar-refractivity contribution is -0.517. The SMILES string of the molecule is Fc1cc(Oc2cccnc2)cc(C2C=N[N+](c3ccccn3)=N2)c1. The topological polar surface area (TPSA) is 62.7 Å². The van der Waals surface area contributed by atoms with Crippen LogP contribution in [0.5, 0.6) is 11.5 Å². The van der Waals surface area contributed by atoms with Gasteiger partial charge in [0.25, 0.3) is 0 Å². The zero-order valence-electron chi connectivity index (χ0n) is 13.0. The van der Waals surface area contributed by atoms with Gasteiger partial charge >= 0.3 is 5.82 Å². The Hall–Kier alpha value is -3.48. The summed E-state index contributed by atoms with van der Waals surface area (Å²) in [6.45, 7) is 0. The molecule has 2 aromatic heterocycles. The molecule has 25 heavy (non-hydrogen) atoms. The van der Waals surface area contributed by atoms with Gasteiger partial charge in [0.05, 0.1) is 12.4 Å². The van der Waals surface area contributed by atoms with Crippen molar-refractivity contribution >= 4 is 12.0 Å². The van der Waals surface area contributed by atoms with Crippen LogP contribution in [-0.4, -0.2) is 21.0 Å². The molecule has 7 heteroatoms. The zero-order valence-corrected chi connectivity index (χ0v) is 13.0. The van der Waals surface area contributed by atoms with Gasteiger partial charge in [0.15, 0.2) is 6.04 Å². The highest BCUT2D eigenvalue weighted by Gasteiger charge is 2.23. The number of ether oxygens (including phenoxy) is 1. The second kappa shape index (κ2) is 6.56. The van der Waals surface area contributed by atoms with Crippen LogP contribution in [-0.2, 0) is 0 Å². The molecule has 122 valence electrons. The molecule has 0 saturated carbocycles. The summed E-state index contributed by atoms with van der Waals surface area (Å²) in [6.07, 6.45) is 6.51. The second-order valence-electron chi connectivity index (χ2n) is 5.31. The largest absolute Gasteiger partial charge is 0.456 e. The zero-order chi connectivity index (χ0) is 17.1. The van der Waals surface area contributed by atoms with Gasteiger partial charge in [-0.1, -0.05) is 16.3 Å². The normalized spacial score (nSPS) is 15.9. The maximum absolute atomic E-state index is 14.0. The summed E-state index contributed by atoms with van der Waals surface area (Å²) in [5, 5.41) is 8.64. The van der Waals surface area contributed by atoms with Gasteiger partial charge in [-0.15, -0.1) is 0 Å². The molecule has 0 fully saturated rings. The highest BCUT2D eigenvalue weighted by atomic mass is 19.1. The summed E-state index contributed by atoms with van der Waals surface area (Å²) in [5.41, 5.74) is 0.640. The summed E-state index contributed by atoms with van der Waals surface area (Å²) in [5.74, 6) is 1.11. The number of nitrogens with zero attached hydrogens (tertiary/aromatic N) is 5. The number of halogens is 1. The van der Waals surface area contributed by atoms with E-state index in [-0.39, 0.29) is 0 Å². The molecular formula is C18H13FN5O+. The van der Waals surface area contributed by atoms with Crippen LogP contribution < -0.4 is 4.74 Å². The summed E-state index contributed by atoms with van der Waals surface area (Å²) in [7, 11) is 0. The van der Waals surface area contributed by atoms with Gasteiger partial charge in [-0.25, -0.2) is 4.39 Å². The number of pyridine rings is 2. The number of benzene rings is 1. The van der Waals surface area contributed by atoms with Crippen molar-refractivity contribution in [2.75, 3.05) is 0 Å². The molecule has 0 radical (unpaired) electrons. The van der Waals surface area contributed by atoms with Crippen LogP contribution in [0.1, 0.15) is 11.6 Å². The van der Waals surface area contributed by atoms with Gasteiger partial charge in [-0.2, -0.15) is 0 Å². The highest BCUT2D eigenvalue weighted by molar-refractivity contribution is 5.67. The van der Waals surface area contributed by atoms with Crippen molar-refractivity contribution < 1.29 is 13.9 Å². The van der Waals surface area contributed by atoms with E-state index in [1.807, 2.05) is 12.1 Å². The number of hydrogen-bond acceptors (Lipinski definition) is 5. The van der Waals surface area contributed by atoms with E-state index in [0.717, 1.165) is 0 Å². The van der Waals surface area contributed by atoms with E-state index in [2.05, 4.69) is 20.2 Å². The molecule has 1 aromatic carbocycles. The van der Waals surface area contributed by atoms with Crippen molar-refractivity contribution in [3.8, 4) is 11.5 Å². The van der Waals surface area contributed by atoms with Crippen molar-refractivity contribution in [2.24, 2.45) is 10.2 Å². The molecule has 1 aliphatic heterocycles. The molecule has 0 saturated heterocycles. The lowest BCUT2D eigenvalue weighted by Gasteiger charge is -2.08. The first-order valence-electron chi connectivity index (χ1n) is 7.62. The lowest BCUT2D eigenvalue weighted by atomic mass is 10.1. The maximum atomic E-state index is 14.0. The summed E-state index contributed by atoms with van der Waals surface area (Å²) in [4.78, 5) is 9.59. The van der Waals surface area contributed by atoms with Crippen LogP contribution in [0.2, 0.25) is 0 Å². The molecule has 6 nitrogen and oxygen atoms in total. The Morgan fingerprint density at radius 3 is 2.76 bits per heavy atom. The van der Waals surface area contributed by atoms with E-state index in [0.29, 0.717) is 22.9 Å². The Balaban J connectivity index is 1.61. The summed E-state index contributed by atoms with van der Waals surface area (Å²) >= 11 is 0. The molecule has 1 unspecified atom stereocenters. The fourth-order valence-corrected chi connectivity index (χ4v) is 2.40. The van der Waals surface area contributed by atoms with Gasteiger partial charge in [0.1, 0.15) is 23.5 Å². The van der Waals surface area contributed by atoms with Crippen LogP contribution in [0.15, 0.2) is 77.3 Å². The first-order valence-corrected chi connectivity index (χ1v) is 7.62. The minimum absolute atomic E-state index is 0.378. The molecule has 0 N–H and O–H groups in total. The van der Waals surface area contributed by atoms with Crippen LogP contribution in [0.3, 0.4) is 0 Å². The number of azo groups is 1. The van der Waals surface area contributed by atoms with Crippen LogP contribution in [0, 0.1) is 5.82 Å². The third-order valence-electron chi connectivity index (χ3n) is 3.51. The third kappa shape index (κ3) is 3.40. The van der Waals surface area contributed by atoms with Gasteiger partial charge in [0, 0.05) is 23.1 Å². The molecule has 1 aliphatic rings.